The van der Waals surface area contributed by atoms with E-state index in [4.69, 9.17) is 16.3 Å². The fourth-order valence-electron chi connectivity index (χ4n) is 1.48. The predicted octanol–water partition coefficient (Wildman–Crippen LogP) is 3.22. The zero-order valence-corrected chi connectivity index (χ0v) is 10.4. The molecule has 5 heteroatoms. The number of hydrogen-bond donors (Lipinski definition) is 0. The Kier molecular flexibility index (Phi) is 3.98. The van der Waals surface area contributed by atoms with Crippen LogP contribution in [0.25, 0.3) is 0 Å². The summed E-state index contributed by atoms with van der Waals surface area (Å²) >= 11 is 5.71. The van der Waals surface area contributed by atoms with Crippen molar-refractivity contribution in [1.82, 2.24) is 14.8 Å². The molecular weight excluding hydrogens is 238 g/mol. The number of aryl methyl sites for hydroxylation is 1. The maximum atomic E-state index is 5.71. The molecule has 0 saturated heterocycles. The fourth-order valence-corrected chi connectivity index (χ4v) is 1.62. The number of alkyl halides is 1. The molecule has 0 aromatic carbocycles. The lowest BCUT2D eigenvalue weighted by atomic mass is 10.3. The summed E-state index contributed by atoms with van der Waals surface area (Å²) in [5.74, 6) is 1.84. The van der Waals surface area contributed by atoms with Crippen molar-refractivity contribution in [1.29, 1.82) is 0 Å². The quantitative estimate of drug-likeness (QED) is 0.766. The van der Waals surface area contributed by atoms with Crippen LogP contribution in [0.4, 0.5) is 0 Å². The van der Waals surface area contributed by atoms with Gasteiger partial charge < -0.3 is 4.74 Å². The van der Waals surface area contributed by atoms with E-state index in [0.717, 1.165) is 30.2 Å². The van der Waals surface area contributed by atoms with E-state index in [-0.39, 0.29) is 0 Å². The Balaban J connectivity index is 2.08. The molecule has 2 rings (SSSR count). The van der Waals surface area contributed by atoms with Crippen molar-refractivity contribution >= 4 is 11.6 Å². The van der Waals surface area contributed by atoms with Gasteiger partial charge in [-0.2, -0.15) is 5.10 Å². The second-order valence-electron chi connectivity index (χ2n) is 3.66. The van der Waals surface area contributed by atoms with Gasteiger partial charge in [-0.25, -0.2) is 0 Å². The van der Waals surface area contributed by atoms with Gasteiger partial charge in [0.25, 0.3) is 0 Å². The van der Waals surface area contributed by atoms with Gasteiger partial charge in [0.05, 0.1) is 24.0 Å². The van der Waals surface area contributed by atoms with E-state index in [1.807, 2.05) is 16.9 Å². The Morgan fingerprint density at radius 1 is 1.41 bits per heavy atom. The predicted molar refractivity (Wildman–Crippen MR) is 66.4 cm³/mol. The van der Waals surface area contributed by atoms with Crippen LogP contribution in [0.2, 0.25) is 0 Å². The molecule has 0 aliphatic carbocycles. The summed E-state index contributed by atoms with van der Waals surface area (Å²) in [7, 11) is 0. The van der Waals surface area contributed by atoms with Gasteiger partial charge in [0, 0.05) is 18.8 Å². The number of halogens is 1. The van der Waals surface area contributed by atoms with Crippen LogP contribution in [0.15, 0.2) is 30.7 Å². The van der Waals surface area contributed by atoms with Crippen molar-refractivity contribution in [2.45, 2.75) is 25.8 Å². The molecule has 2 aromatic heterocycles. The number of pyridine rings is 1. The molecule has 0 radical (unpaired) electrons. The van der Waals surface area contributed by atoms with Crippen LogP contribution in [0.1, 0.15) is 19.0 Å². The van der Waals surface area contributed by atoms with Crippen molar-refractivity contribution in [2.24, 2.45) is 0 Å². The molecular formula is C12H14ClN3O. The Hall–Kier alpha value is -1.55. The lowest BCUT2D eigenvalue weighted by Crippen LogP contribution is -1.95. The van der Waals surface area contributed by atoms with Crippen LogP contribution in [0, 0.1) is 0 Å². The van der Waals surface area contributed by atoms with E-state index in [2.05, 4.69) is 17.0 Å². The van der Waals surface area contributed by atoms with Crippen molar-refractivity contribution in [2.75, 3.05) is 0 Å². The van der Waals surface area contributed by atoms with Crippen LogP contribution in [0.5, 0.6) is 11.5 Å². The Morgan fingerprint density at radius 2 is 2.29 bits per heavy atom. The molecule has 17 heavy (non-hydrogen) atoms. The SMILES string of the molecule is CCCn1cc(Oc2ccnc(CCl)c2)cn1. The maximum Gasteiger partial charge on any atom is 0.165 e. The third kappa shape index (κ3) is 3.20. The monoisotopic (exact) mass is 251 g/mol. The van der Waals surface area contributed by atoms with Crippen LogP contribution in [0.3, 0.4) is 0 Å². The largest absolute Gasteiger partial charge is 0.454 e. The minimum absolute atomic E-state index is 0.381. The molecule has 0 bridgehead atoms. The van der Waals surface area contributed by atoms with Gasteiger partial charge in [0.1, 0.15) is 5.75 Å². The first-order chi connectivity index (χ1) is 8.31. The summed E-state index contributed by atoms with van der Waals surface area (Å²) in [4.78, 5) is 4.10. The van der Waals surface area contributed by atoms with Crippen molar-refractivity contribution < 1.29 is 4.74 Å². The van der Waals surface area contributed by atoms with Gasteiger partial charge in [-0.05, 0) is 12.5 Å². The first kappa shape index (κ1) is 11.9. The van der Waals surface area contributed by atoms with Crippen LogP contribution in [-0.4, -0.2) is 14.8 Å². The minimum atomic E-state index is 0.381. The number of rotatable bonds is 5. The highest BCUT2D eigenvalue weighted by molar-refractivity contribution is 6.16. The van der Waals surface area contributed by atoms with E-state index >= 15 is 0 Å². The van der Waals surface area contributed by atoms with E-state index in [9.17, 15) is 0 Å². The van der Waals surface area contributed by atoms with Crippen molar-refractivity contribution in [3.63, 3.8) is 0 Å². The topological polar surface area (TPSA) is 39.9 Å². The molecule has 0 fully saturated rings. The average Bonchev–Trinajstić information content (AvgIpc) is 2.77. The zero-order valence-electron chi connectivity index (χ0n) is 9.64. The first-order valence-electron chi connectivity index (χ1n) is 5.53. The Bertz CT molecular complexity index is 484. The molecule has 4 nitrogen and oxygen atoms in total. The summed E-state index contributed by atoms with van der Waals surface area (Å²) in [6.07, 6.45) is 6.32. The van der Waals surface area contributed by atoms with E-state index in [1.165, 1.54) is 0 Å². The smallest absolute Gasteiger partial charge is 0.165 e. The van der Waals surface area contributed by atoms with Crippen molar-refractivity contribution in [3.05, 3.63) is 36.4 Å². The maximum absolute atomic E-state index is 5.71. The van der Waals surface area contributed by atoms with Gasteiger partial charge in [0.15, 0.2) is 5.75 Å². The molecule has 2 aromatic rings. The number of nitrogens with zero attached hydrogens (tertiary/aromatic N) is 3. The second kappa shape index (κ2) is 5.68. The standard InChI is InChI=1S/C12H14ClN3O/c1-2-5-16-9-12(8-15-16)17-11-3-4-14-10(6-11)7-13/h3-4,6,8-9H,2,5,7H2,1H3. The zero-order chi connectivity index (χ0) is 12.1. The van der Waals surface area contributed by atoms with Crippen LogP contribution in [-0.2, 0) is 12.4 Å². The van der Waals surface area contributed by atoms with Crippen molar-refractivity contribution in [3.8, 4) is 11.5 Å². The van der Waals surface area contributed by atoms with Gasteiger partial charge in [-0.15, -0.1) is 11.6 Å². The summed E-state index contributed by atoms with van der Waals surface area (Å²) < 4.78 is 7.53. The summed E-state index contributed by atoms with van der Waals surface area (Å²) in [5, 5.41) is 4.19. The molecule has 0 N–H and O–H groups in total. The third-order valence-electron chi connectivity index (χ3n) is 2.22. The molecule has 0 unspecified atom stereocenters. The molecule has 0 spiro atoms. The molecule has 90 valence electrons. The lowest BCUT2D eigenvalue weighted by Gasteiger charge is -2.03. The van der Waals surface area contributed by atoms with Crippen LogP contribution >= 0.6 is 11.6 Å². The third-order valence-corrected chi connectivity index (χ3v) is 2.50. The second-order valence-corrected chi connectivity index (χ2v) is 3.92. The average molecular weight is 252 g/mol. The Labute approximate surface area is 105 Å². The van der Waals surface area contributed by atoms with Crippen LogP contribution < -0.4 is 4.74 Å². The molecule has 0 atom stereocenters. The van der Waals surface area contributed by atoms with Gasteiger partial charge in [-0.3, -0.25) is 9.67 Å². The molecule has 0 amide bonds. The fraction of sp³-hybridized carbons (Fsp3) is 0.333. The summed E-state index contributed by atoms with van der Waals surface area (Å²) in [5.41, 5.74) is 0.796. The Morgan fingerprint density at radius 3 is 3.06 bits per heavy atom. The number of hydrogen-bond acceptors (Lipinski definition) is 3. The number of aromatic nitrogens is 3. The van der Waals surface area contributed by atoms with Gasteiger partial charge in [-0.1, -0.05) is 6.92 Å². The lowest BCUT2D eigenvalue weighted by molar-refractivity contribution is 0.479. The van der Waals surface area contributed by atoms with Gasteiger partial charge in [0.2, 0.25) is 0 Å². The highest BCUT2D eigenvalue weighted by atomic mass is 35.5. The molecule has 2 heterocycles. The minimum Gasteiger partial charge on any atom is -0.454 e. The first-order valence-corrected chi connectivity index (χ1v) is 6.06. The van der Waals surface area contributed by atoms with E-state index < -0.39 is 0 Å². The van der Waals surface area contributed by atoms with E-state index in [1.54, 1.807) is 18.5 Å². The highest BCUT2D eigenvalue weighted by Crippen LogP contribution is 2.21. The highest BCUT2D eigenvalue weighted by Gasteiger charge is 2.02. The normalized spacial score (nSPS) is 10.5. The summed E-state index contributed by atoms with van der Waals surface area (Å²) in [6.45, 7) is 3.00. The van der Waals surface area contributed by atoms with Gasteiger partial charge >= 0.3 is 0 Å². The molecule has 0 aliphatic heterocycles. The van der Waals surface area contributed by atoms with E-state index in [0.29, 0.717) is 5.88 Å². The number of ether oxygens (including phenoxy) is 1. The summed E-state index contributed by atoms with van der Waals surface area (Å²) in [6, 6.07) is 3.62. The molecule has 0 aliphatic rings. The molecule has 0 saturated carbocycles.